The highest BCUT2D eigenvalue weighted by Crippen LogP contribution is 2.33. The Bertz CT molecular complexity index is 479. The van der Waals surface area contributed by atoms with E-state index in [2.05, 4.69) is 5.32 Å². The van der Waals surface area contributed by atoms with Crippen molar-refractivity contribution < 1.29 is 27.1 Å². The molecule has 0 radical (unpaired) electrons. The lowest BCUT2D eigenvalue weighted by Gasteiger charge is -2.19. The number of hydrogen-bond donors (Lipinski definition) is 2. The molecule has 2 atom stereocenters. The summed E-state index contributed by atoms with van der Waals surface area (Å²) < 4.78 is 65.7. The molecule has 0 aromatic heterocycles. The van der Waals surface area contributed by atoms with Gasteiger partial charge in [0, 0.05) is 13.2 Å². The maximum atomic E-state index is 13.4. The van der Waals surface area contributed by atoms with Crippen molar-refractivity contribution in [3.05, 3.63) is 29.1 Å². The smallest absolute Gasteiger partial charge is 0.200 e. The van der Waals surface area contributed by atoms with Gasteiger partial charge in [-0.25, -0.2) is 22.0 Å². The maximum Gasteiger partial charge on any atom is 0.200 e. The van der Waals surface area contributed by atoms with Crippen LogP contribution in [0.3, 0.4) is 0 Å². The Morgan fingerprint density at radius 3 is 1.90 bits per heavy atom. The molecule has 1 aromatic rings. The number of benzene rings is 1. The number of aliphatic hydroxyl groups is 1. The Balaban J connectivity index is 2.18. The average molecular weight is 295 g/mol. The van der Waals surface area contributed by atoms with Crippen molar-refractivity contribution in [2.75, 3.05) is 18.5 Å². The first-order chi connectivity index (χ1) is 9.47. The number of halogens is 5. The van der Waals surface area contributed by atoms with Gasteiger partial charge in [-0.05, 0) is 24.7 Å². The Morgan fingerprint density at radius 2 is 1.35 bits per heavy atom. The second-order valence-corrected chi connectivity index (χ2v) is 4.96. The second-order valence-electron chi connectivity index (χ2n) is 4.96. The van der Waals surface area contributed by atoms with Gasteiger partial charge in [0.05, 0.1) is 0 Å². The van der Waals surface area contributed by atoms with Gasteiger partial charge < -0.3 is 10.4 Å². The summed E-state index contributed by atoms with van der Waals surface area (Å²) in [5.41, 5.74) is -1.01. The largest absolute Gasteiger partial charge is 0.396 e. The summed E-state index contributed by atoms with van der Waals surface area (Å²) in [7, 11) is 0. The zero-order valence-corrected chi connectivity index (χ0v) is 10.5. The van der Waals surface area contributed by atoms with E-state index in [0.29, 0.717) is 0 Å². The van der Waals surface area contributed by atoms with Gasteiger partial charge in [0.1, 0.15) is 5.69 Å². The molecule has 2 N–H and O–H groups in total. The fourth-order valence-corrected chi connectivity index (χ4v) is 2.62. The molecule has 0 aliphatic heterocycles. The lowest BCUT2D eigenvalue weighted by atomic mass is 9.97. The molecular weight excluding hydrogens is 281 g/mol. The Labute approximate surface area is 112 Å². The molecular formula is C13H14F5NO. The predicted octanol–water partition coefficient (Wildman–Crippen LogP) is 3.20. The van der Waals surface area contributed by atoms with Gasteiger partial charge >= 0.3 is 0 Å². The highest BCUT2D eigenvalue weighted by atomic mass is 19.2. The number of aliphatic hydroxyl groups excluding tert-OH is 1. The second kappa shape index (κ2) is 5.95. The van der Waals surface area contributed by atoms with Crippen LogP contribution in [0.25, 0.3) is 0 Å². The molecule has 1 aliphatic rings. The molecule has 0 saturated heterocycles. The number of hydrogen-bond acceptors (Lipinski definition) is 2. The minimum Gasteiger partial charge on any atom is -0.396 e. The monoisotopic (exact) mass is 295 g/mol. The van der Waals surface area contributed by atoms with Crippen LogP contribution in [0, 0.1) is 40.9 Å². The Kier molecular flexibility index (Phi) is 4.47. The van der Waals surface area contributed by atoms with Gasteiger partial charge in [-0.2, -0.15) is 0 Å². The van der Waals surface area contributed by atoms with Crippen molar-refractivity contribution in [3.8, 4) is 0 Å². The van der Waals surface area contributed by atoms with E-state index in [0.717, 1.165) is 19.3 Å². The molecule has 1 saturated carbocycles. The topological polar surface area (TPSA) is 32.3 Å². The van der Waals surface area contributed by atoms with E-state index in [1.165, 1.54) is 0 Å². The van der Waals surface area contributed by atoms with E-state index in [4.69, 9.17) is 5.11 Å². The van der Waals surface area contributed by atoms with E-state index in [-0.39, 0.29) is 25.0 Å². The summed E-state index contributed by atoms with van der Waals surface area (Å²) in [5, 5.41) is 11.4. The molecule has 1 aliphatic carbocycles. The molecule has 20 heavy (non-hydrogen) atoms. The first-order valence-electron chi connectivity index (χ1n) is 6.33. The standard InChI is InChI=1S/C13H14F5NO/c14-8-9(15)11(17)13(12(18)10(8)16)19-4-6-2-1-3-7(6)5-20/h6-7,19-20H,1-5H2. The molecule has 0 bridgehead atoms. The number of nitrogens with one attached hydrogen (secondary N) is 1. The molecule has 2 rings (SSSR count). The molecule has 0 spiro atoms. The quantitative estimate of drug-likeness (QED) is 0.508. The zero-order valence-electron chi connectivity index (χ0n) is 10.5. The molecule has 2 nitrogen and oxygen atoms in total. The van der Waals surface area contributed by atoms with Crippen LogP contribution >= 0.6 is 0 Å². The van der Waals surface area contributed by atoms with E-state index in [9.17, 15) is 22.0 Å². The third-order valence-electron chi connectivity index (χ3n) is 3.80. The first-order valence-corrected chi connectivity index (χ1v) is 6.33. The third-order valence-corrected chi connectivity index (χ3v) is 3.80. The highest BCUT2D eigenvalue weighted by Gasteiger charge is 2.29. The summed E-state index contributed by atoms with van der Waals surface area (Å²) in [4.78, 5) is 0. The SMILES string of the molecule is OCC1CCCC1CNc1c(F)c(F)c(F)c(F)c1F. The molecule has 7 heteroatoms. The molecule has 112 valence electrons. The van der Waals surface area contributed by atoms with Crippen molar-refractivity contribution in [1.82, 2.24) is 0 Å². The summed E-state index contributed by atoms with van der Waals surface area (Å²) >= 11 is 0. The molecule has 0 heterocycles. The van der Waals surface area contributed by atoms with Gasteiger partial charge in [0.2, 0.25) is 5.82 Å². The van der Waals surface area contributed by atoms with E-state index < -0.39 is 34.8 Å². The minimum atomic E-state index is -2.17. The summed E-state index contributed by atoms with van der Waals surface area (Å²) in [6.07, 6.45) is 2.41. The van der Waals surface area contributed by atoms with Crippen LogP contribution in [-0.2, 0) is 0 Å². The lowest BCUT2D eigenvalue weighted by Crippen LogP contribution is -2.22. The fraction of sp³-hybridized carbons (Fsp3) is 0.538. The normalized spacial score (nSPS) is 22.3. The minimum absolute atomic E-state index is 0.0104. The maximum absolute atomic E-state index is 13.4. The van der Waals surface area contributed by atoms with Gasteiger partial charge in [-0.3, -0.25) is 0 Å². The predicted molar refractivity (Wildman–Crippen MR) is 62.6 cm³/mol. The van der Waals surface area contributed by atoms with Crippen molar-refractivity contribution in [2.24, 2.45) is 11.8 Å². The van der Waals surface area contributed by atoms with Crippen LogP contribution < -0.4 is 5.32 Å². The van der Waals surface area contributed by atoms with E-state index in [1.807, 2.05) is 0 Å². The van der Waals surface area contributed by atoms with Gasteiger partial charge in [-0.1, -0.05) is 6.42 Å². The summed E-state index contributed by atoms with van der Waals surface area (Å²) in [6.45, 7) is 0.00697. The van der Waals surface area contributed by atoms with Crippen LogP contribution in [0.15, 0.2) is 0 Å². The summed E-state index contributed by atoms with van der Waals surface area (Å²) in [6, 6.07) is 0. The van der Waals surface area contributed by atoms with Crippen LogP contribution in [0.2, 0.25) is 0 Å². The van der Waals surface area contributed by atoms with E-state index in [1.54, 1.807) is 0 Å². The zero-order chi connectivity index (χ0) is 14.9. The molecule has 1 fully saturated rings. The molecule has 2 unspecified atom stereocenters. The first kappa shape index (κ1) is 15.0. The molecule has 1 aromatic carbocycles. The number of anilines is 1. The highest BCUT2D eigenvalue weighted by molar-refractivity contribution is 5.47. The van der Waals surface area contributed by atoms with Gasteiger partial charge in [0.25, 0.3) is 0 Å². The van der Waals surface area contributed by atoms with Gasteiger partial charge in [0.15, 0.2) is 23.3 Å². The van der Waals surface area contributed by atoms with Crippen molar-refractivity contribution in [1.29, 1.82) is 0 Å². The van der Waals surface area contributed by atoms with Gasteiger partial charge in [-0.15, -0.1) is 0 Å². The van der Waals surface area contributed by atoms with Crippen molar-refractivity contribution in [3.63, 3.8) is 0 Å². The Hall–Kier alpha value is -1.37. The van der Waals surface area contributed by atoms with Crippen LogP contribution in [0.1, 0.15) is 19.3 Å². The van der Waals surface area contributed by atoms with Crippen LogP contribution in [0.4, 0.5) is 27.6 Å². The number of rotatable bonds is 4. The third kappa shape index (κ3) is 2.59. The van der Waals surface area contributed by atoms with Crippen molar-refractivity contribution >= 4 is 5.69 Å². The molecule has 0 amide bonds. The van der Waals surface area contributed by atoms with E-state index >= 15 is 0 Å². The Morgan fingerprint density at radius 1 is 0.850 bits per heavy atom. The van der Waals surface area contributed by atoms with Crippen LogP contribution in [-0.4, -0.2) is 18.3 Å². The summed E-state index contributed by atoms with van der Waals surface area (Å²) in [5.74, 6) is -9.87. The fourth-order valence-electron chi connectivity index (χ4n) is 2.62. The van der Waals surface area contributed by atoms with Crippen molar-refractivity contribution in [2.45, 2.75) is 19.3 Å². The average Bonchev–Trinajstić information content (AvgIpc) is 2.90. The lowest BCUT2D eigenvalue weighted by molar-refractivity contribution is 0.198. The van der Waals surface area contributed by atoms with Crippen LogP contribution in [0.5, 0.6) is 0 Å².